The van der Waals surface area contributed by atoms with Gasteiger partial charge in [-0.2, -0.15) is 10.2 Å². The monoisotopic (exact) mass is 581 g/mol. The van der Waals surface area contributed by atoms with Crippen LogP contribution in [-0.2, 0) is 31.5 Å². The number of hydrogen-bond acceptors (Lipinski definition) is 8. The highest BCUT2D eigenvalue weighted by Gasteiger charge is 2.26. The number of aliphatic hydroxyl groups excluding tert-OH is 1. The molecule has 0 fully saturated rings. The third-order valence-corrected chi connectivity index (χ3v) is 7.19. The molecule has 1 aliphatic rings. The third-order valence-electron chi connectivity index (χ3n) is 7.19. The van der Waals surface area contributed by atoms with Gasteiger partial charge in [0.1, 0.15) is 11.6 Å². The Hall–Kier alpha value is -3.74. The molecule has 3 aromatic heterocycles. The topological polar surface area (TPSA) is 115 Å². The molecular weight excluding hydrogens is 541 g/mol. The summed E-state index contributed by atoms with van der Waals surface area (Å²) < 4.78 is 37.1. The van der Waals surface area contributed by atoms with E-state index in [0.717, 1.165) is 17.8 Å². The summed E-state index contributed by atoms with van der Waals surface area (Å²) in [5.74, 6) is 0.549. The summed E-state index contributed by atoms with van der Waals surface area (Å²) in [5, 5.41) is 27.6. The molecule has 2 atom stereocenters. The molecular formula is C30H40FN7O4. The van der Waals surface area contributed by atoms with E-state index >= 15 is 4.39 Å². The Bertz CT molecular complexity index is 1590. The lowest BCUT2D eigenvalue weighted by molar-refractivity contribution is 0.131. The Kier molecular flexibility index (Phi) is 8.67. The predicted octanol–water partition coefficient (Wildman–Crippen LogP) is 4.39. The minimum absolute atomic E-state index is 0.109. The molecule has 0 spiro atoms. The first-order valence-electron chi connectivity index (χ1n) is 14.3. The van der Waals surface area contributed by atoms with Crippen molar-refractivity contribution in [2.45, 2.75) is 72.6 Å². The number of halogens is 1. The van der Waals surface area contributed by atoms with Crippen LogP contribution in [0.4, 0.5) is 4.39 Å². The van der Waals surface area contributed by atoms with Gasteiger partial charge in [0.05, 0.1) is 53.6 Å². The molecule has 4 heterocycles. The van der Waals surface area contributed by atoms with Crippen LogP contribution in [0.5, 0.6) is 11.8 Å². The molecule has 1 aliphatic heterocycles. The van der Waals surface area contributed by atoms with E-state index in [1.807, 2.05) is 50.7 Å². The molecule has 11 nitrogen and oxygen atoms in total. The number of hydrogen-bond donors (Lipinski definition) is 2. The van der Waals surface area contributed by atoms with Crippen molar-refractivity contribution in [1.29, 1.82) is 0 Å². The minimum atomic E-state index is -0.610. The second-order valence-corrected chi connectivity index (χ2v) is 11.1. The molecule has 5 rings (SSSR count). The smallest absolute Gasteiger partial charge is 0.240 e. The molecule has 226 valence electrons. The van der Waals surface area contributed by atoms with Crippen LogP contribution in [0, 0.1) is 5.82 Å². The summed E-state index contributed by atoms with van der Waals surface area (Å²) in [6.45, 7) is 12.2. The van der Waals surface area contributed by atoms with Crippen molar-refractivity contribution in [3.05, 3.63) is 40.6 Å². The quantitative estimate of drug-likeness (QED) is 0.330. The zero-order valence-electron chi connectivity index (χ0n) is 25.3. The maximum absolute atomic E-state index is 15.5. The van der Waals surface area contributed by atoms with Gasteiger partial charge in [-0.3, -0.25) is 14.7 Å². The number of aromatic amines is 1. The van der Waals surface area contributed by atoms with Gasteiger partial charge >= 0.3 is 0 Å². The van der Waals surface area contributed by atoms with Crippen LogP contribution >= 0.6 is 0 Å². The SMILES string of the molecule is CCN1Cc2c(c(OC(C)C)nn2C[C@H](C)O)/C=C/c2[nH]nc3c(F)cc(cc23)-c2c(COC)nn(C)c2O[C@@H](C)C1. The second kappa shape index (κ2) is 12.2. The normalized spacial score (nSPS) is 17.5. The predicted molar refractivity (Wildman–Crippen MR) is 159 cm³/mol. The van der Waals surface area contributed by atoms with Crippen LogP contribution in [0.2, 0.25) is 0 Å². The van der Waals surface area contributed by atoms with Crippen LogP contribution in [-0.4, -0.2) is 78.3 Å². The van der Waals surface area contributed by atoms with Crippen molar-refractivity contribution in [3.8, 4) is 22.9 Å². The number of methoxy groups -OCH3 is 1. The fraction of sp³-hybridized carbons (Fsp3) is 0.500. The molecule has 4 aromatic rings. The molecule has 0 radical (unpaired) electrons. The Morgan fingerprint density at radius 1 is 1.21 bits per heavy atom. The third kappa shape index (κ3) is 5.92. The van der Waals surface area contributed by atoms with Crippen molar-refractivity contribution in [2.24, 2.45) is 7.05 Å². The van der Waals surface area contributed by atoms with Crippen LogP contribution in [0.3, 0.4) is 0 Å². The van der Waals surface area contributed by atoms with E-state index < -0.39 is 11.9 Å². The Labute approximate surface area is 244 Å². The summed E-state index contributed by atoms with van der Waals surface area (Å²) in [5.41, 5.74) is 4.51. The van der Waals surface area contributed by atoms with E-state index in [2.05, 4.69) is 27.1 Å². The Balaban J connectivity index is 1.75. The Morgan fingerprint density at radius 2 is 2.00 bits per heavy atom. The maximum Gasteiger partial charge on any atom is 0.240 e. The minimum Gasteiger partial charge on any atom is -0.473 e. The summed E-state index contributed by atoms with van der Waals surface area (Å²) >= 11 is 0. The average Bonchev–Trinajstić information content (AvgIpc) is 3.55. The van der Waals surface area contributed by atoms with Crippen molar-refractivity contribution < 1.29 is 23.7 Å². The number of H-pyrrole nitrogens is 1. The maximum atomic E-state index is 15.5. The number of fused-ring (bicyclic) bond motifs is 4. The first kappa shape index (κ1) is 29.7. The number of aromatic nitrogens is 6. The first-order chi connectivity index (χ1) is 20.1. The number of rotatable bonds is 7. The lowest BCUT2D eigenvalue weighted by Crippen LogP contribution is -2.35. The zero-order chi connectivity index (χ0) is 30.1. The molecule has 0 amide bonds. The van der Waals surface area contributed by atoms with Crippen LogP contribution in [0.15, 0.2) is 12.1 Å². The molecule has 1 aromatic carbocycles. The van der Waals surface area contributed by atoms with Gasteiger partial charge in [0.25, 0.3) is 0 Å². The van der Waals surface area contributed by atoms with Gasteiger partial charge < -0.3 is 19.3 Å². The average molecular weight is 582 g/mol. The fourth-order valence-electron chi connectivity index (χ4n) is 5.40. The number of nitrogens with one attached hydrogen (secondary N) is 1. The Morgan fingerprint density at radius 3 is 2.69 bits per heavy atom. The molecule has 2 bridgehead atoms. The van der Waals surface area contributed by atoms with Gasteiger partial charge in [0.15, 0.2) is 5.82 Å². The summed E-state index contributed by atoms with van der Waals surface area (Å²) in [6, 6.07) is 3.37. The second-order valence-electron chi connectivity index (χ2n) is 11.1. The summed E-state index contributed by atoms with van der Waals surface area (Å²) in [7, 11) is 3.42. The van der Waals surface area contributed by atoms with Crippen LogP contribution < -0.4 is 9.47 Å². The van der Waals surface area contributed by atoms with Gasteiger partial charge in [-0.15, -0.1) is 5.10 Å². The van der Waals surface area contributed by atoms with E-state index in [0.29, 0.717) is 59.3 Å². The van der Waals surface area contributed by atoms with Crippen molar-refractivity contribution in [2.75, 3.05) is 20.2 Å². The number of likely N-dealkylation sites (N-methyl/N-ethyl adjacent to an activating group) is 1. The van der Waals surface area contributed by atoms with Crippen molar-refractivity contribution in [1.82, 2.24) is 34.7 Å². The standard InChI is InChI=1S/C30H40FN7O4/c1-8-37-14-19(5)42-30-27(25(16-40-7)34-36(30)6)20-11-22-24(32-33-28(22)23(31)12-20)10-9-21-26(15-37)38(13-18(4)39)35-29(21)41-17(2)3/h9-12,17-19,39H,8,13-16H2,1-7H3,(H,32,33)/b10-9+/t18-,19-/m0/s1. The number of aryl methyl sites for hydroxylation is 1. The molecule has 0 aliphatic carbocycles. The highest BCUT2D eigenvalue weighted by molar-refractivity contribution is 5.94. The van der Waals surface area contributed by atoms with Gasteiger partial charge in [0, 0.05) is 32.6 Å². The number of ether oxygens (including phenoxy) is 3. The van der Waals surface area contributed by atoms with E-state index in [1.54, 1.807) is 18.7 Å². The van der Waals surface area contributed by atoms with Crippen LogP contribution in [0.1, 0.15) is 57.3 Å². The van der Waals surface area contributed by atoms with E-state index in [4.69, 9.17) is 19.3 Å². The number of aliphatic hydroxyl groups is 1. The summed E-state index contributed by atoms with van der Waals surface area (Å²) in [4.78, 5) is 2.26. The largest absolute Gasteiger partial charge is 0.473 e. The molecule has 2 N–H and O–H groups in total. The van der Waals surface area contributed by atoms with Gasteiger partial charge in [-0.1, -0.05) is 6.92 Å². The van der Waals surface area contributed by atoms with Gasteiger partial charge in [-0.05, 0) is 64.1 Å². The van der Waals surface area contributed by atoms with Gasteiger partial charge in [0.2, 0.25) is 11.8 Å². The molecule has 0 saturated heterocycles. The summed E-state index contributed by atoms with van der Waals surface area (Å²) in [6.07, 6.45) is 2.84. The van der Waals surface area contributed by atoms with E-state index in [9.17, 15) is 5.11 Å². The first-order valence-corrected chi connectivity index (χ1v) is 14.3. The molecule has 12 heteroatoms. The van der Waals surface area contributed by atoms with Crippen LogP contribution in [0.25, 0.3) is 34.2 Å². The fourth-order valence-corrected chi connectivity index (χ4v) is 5.40. The van der Waals surface area contributed by atoms with Gasteiger partial charge in [-0.25, -0.2) is 9.07 Å². The van der Waals surface area contributed by atoms with Crippen molar-refractivity contribution >= 4 is 23.1 Å². The lowest BCUT2D eigenvalue weighted by Gasteiger charge is -2.26. The number of nitrogens with zero attached hydrogens (tertiary/aromatic N) is 6. The zero-order valence-corrected chi connectivity index (χ0v) is 25.3. The molecule has 0 saturated carbocycles. The van der Waals surface area contributed by atoms with E-state index in [1.165, 1.54) is 6.07 Å². The molecule has 0 unspecified atom stereocenters. The molecule has 42 heavy (non-hydrogen) atoms. The lowest BCUT2D eigenvalue weighted by atomic mass is 10.0. The number of benzene rings is 1. The van der Waals surface area contributed by atoms with E-state index in [-0.39, 0.29) is 24.3 Å². The van der Waals surface area contributed by atoms with Crippen molar-refractivity contribution in [3.63, 3.8) is 0 Å². The highest BCUT2D eigenvalue weighted by atomic mass is 19.1. The highest BCUT2D eigenvalue weighted by Crippen LogP contribution is 2.38.